The molecule has 1 N–H and O–H groups in total. The second kappa shape index (κ2) is 15.7. The van der Waals surface area contributed by atoms with Gasteiger partial charge in [-0.15, -0.1) is 0 Å². The molecule has 3 amide bonds. The highest BCUT2D eigenvalue weighted by molar-refractivity contribution is 5.85. The van der Waals surface area contributed by atoms with Gasteiger partial charge in [0.05, 0.1) is 39.0 Å². The molecule has 3 aliphatic heterocycles. The van der Waals surface area contributed by atoms with Gasteiger partial charge in [-0.1, -0.05) is 18.2 Å². The lowest BCUT2D eigenvalue weighted by Crippen LogP contribution is -2.59. The zero-order valence-corrected chi connectivity index (χ0v) is 25.7. The Morgan fingerprint density at radius 1 is 1.09 bits per heavy atom. The summed E-state index contributed by atoms with van der Waals surface area (Å²) in [6.07, 6.45) is 1.57. The van der Waals surface area contributed by atoms with Gasteiger partial charge in [0.25, 0.3) is 0 Å². The Morgan fingerprint density at radius 3 is 2.70 bits per heavy atom. The average molecular weight is 597 g/mol. The number of methoxy groups -OCH3 is 2. The molecular weight excluding hydrogens is 552 g/mol. The number of piperidine rings is 1. The molecule has 0 radical (unpaired) electrons. The van der Waals surface area contributed by atoms with Crippen molar-refractivity contribution in [2.45, 2.75) is 44.4 Å². The molecule has 0 unspecified atom stereocenters. The molecule has 0 spiro atoms. The summed E-state index contributed by atoms with van der Waals surface area (Å²) >= 11 is 0. The molecule has 0 aromatic heterocycles. The van der Waals surface area contributed by atoms with Gasteiger partial charge in [-0.2, -0.15) is 0 Å². The van der Waals surface area contributed by atoms with Gasteiger partial charge >= 0.3 is 0 Å². The number of ether oxygens (including phenoxy) is 4. The molecule has 2 aromatic rings. The Morgan fingerprint density at radius 2 is 1.93 bits per heavy atom. The van der Waals surface area contributed by atoms with Crippen molar-refractivity contribution in [3.05, 3.63) is 53.6 Å². The molecule has 4 bridgehead atoms. The van der Waals surface area contributed by atoms with Crippen LogP contribution in [0.4, 0.5) is 0 Å². The Hall–Kier alpha value is -3.67. The van der Waals surface area contributed by atoms with E-state index in [4.69, 9.17) is 18.9 Å². The Labute approximate surface area is 254 Å². The van der Waals surface area contributed by atoms with Crippen molar-refractivity contribution in [2.24, 2.45) is 0 Å². The van der Waals surface area contributed by atoms with E-state index in [0.29, 0.717) is 69.4 Å². The molecule has 11 nitrogen and oxygen atoms in total. The smallest absolute Gasteiger partial charge is 0.239 e. The summed E-state index contributed by atoms with van der Waals surface area (Å²) < 4.78 is 23.3. The number of likely N-dealkylation sites (tertiary alicyclic amines) is 1. The lowest BCUT2D eigenvalue weighted by Gasteiger charge is -2.39. The van der Waals surface area contributed by atoms with Crippen LogP contribution in [0.2, 0.25) is 0 Å². The first kappa shape index (κ1) is 32.2. The highest BCUT2D eigenvalue weighted by Crippen LogP contribution is 2.33. The third-order valence-electron chi connectivity index (χ3n) is 7.61. The number of nitrogens with one attached hydrogen (secondary N) is 1. The predicted octanol–water partition coefficient (Wildman–Crippen LogP) is 2.46. The Kier molecular flexibility index (Phi) is 11.8. The zero-order chi connectivity index (χ0) is 30.8. The summed E-state index contributed by atoms with van der Waals surface area (Å²) in [4.78, 5) is 44.8. The van der Waals surface area contributed by atoms with Crippen LogP contribution in [0.3, 0.4) is 0 Å². The molecule has 234 valence electrons. The fourth-order valence-corrected chi connectivity index (χ4v) is 5.37. The van der Waals surface area contributed by atoms with Crippen LogP contribution in [-0.4, -0.2) is 112 Å². The third-order valence-corrected chi connectivity index (χ3v) is 7.61. The molecule has 0 saturated carbocycles. The first-order chi connectivity index (χ1) is 20.7. The summed E-state index contributed by atoms with van der Waals surface area (Å²) in [7, 11) is 6.90. The number of carbonyl (C=O) groups is 3. The molecule has 43 heavy (non-hydrogen) atoms. The van der Waals surface area contributed by atoms with Gasteiger partial charge in [0, 0.05) is 39.8 Å². The number of rotatable bonds is 7. The van der Waals surface area contributed by atoms with Crippen molar-refractivity contribution in [3.8, 4) is 17.2 Å². The maximum absolute atomic E-state index is 13.4. The van der Waals surface area contributed by atoms with Gasteiger partial charge in [-0.25, -0.2) is 0 Å². The van der Waals surface area contributed by atoms with Crippen LogP contribution in [0.15, 0.2) is 42.5 Å². The van der Waals surface area contributed by atoms with Gasteiger partial charge in [0.15, 0.2) is 11.5 Å². The van der Waals surface area contributed by atoms with E-state index in [-0.39, 0.29) is 43.3 Å². The Balaban J connectivity index is 1.60. The van der Waals surface area contributed by atoms with Gasteiger partial charge in [-0.3, -0.25) is 14.4 Å². The second-order valence-corrected chi connectivity index (χ2v) is 11.3. The number of carbonyl (C=O) groups excluding carboxylic acids is 3. The number of nitrogens with zero attached hydrogens (tertiary/aromatic N) is 3. The maximum Gasteiger partial charge on any atom is 0.239 e. The normalized spacial score (nSPS) is 20.0. The van der Waals surface area contributed by atoms with E-state index in [1.807, 2.05) is 61.5 Å². The van der Waals surface area contributed by atoms with E-state index in [1.165, 1.54) is 0 Å². The van der Waals surface area contributed by atoms with Crippen LogP contribution in [0.25, 0.3) is 0 Å². The van der Waals surface area contributed by atoms with Crippen molar-refractivity contribution < 1.29 is 33.3 Å². The number of aryl methyl sites for hydroxylation is 1. The maximum atomic E-state index is 13.4. The van der Waals surface area contributed by atoms with Crippen LogP contribution >= 0.6 is 0 Å². The number of hydrogen-bond donors (Lipinski definition) is 1. The zero-order valence-electron chi connectivity index (χ0n) is 25.7. The second-order valence-electron chi connectivity index (χ2n) is 11.3. The van der Waals surface area contributed by atoms with Crippen LogP contribution in [0.1, 0.15) is 30.4 Å². The van der Waals surface area contributed by atoms with Crippen molar-refractivity contribution in [3.63, 3.8) is 0 Å². The summed E-state index contributed by atoms with van der Waals surface area (Å²) in [6.45, 7) is 2.23. The largest absolute Gasteiger partial charge is 0.493 e. The molecule has 5 rings (SSSR count). The van der Waals surface area contributed by atoms with Crippen LogP contribution in [-0.2, 0) is 36.9 Å². The number of benzene rings is 2. The number of hydrogen-bond acceptors (Lipinski definition) is 8. The summed E-state index contributed by atoms with van der Waals surface area (Å²) in [5.41, 5.74) is 1.84. The van der Waals surface area contributed by atoms with E-state index in [2.05, 4.69) is 5.32 Å². The Bertz CT molecular complexity index is 1250. The fraction of sp³-hybridized carbons (Fsp3) is 0.531. The van der Waals surface area contributed by atoms with Gasteiger partial charge in [-0.05, 0) is 68.8 Å². The molecule has 1 saturated heterocycles. The van der Waals surface area contributed by atoms with E-state index < -0.39 is 6.04 Å². The minimum absolute atomic E-state index is 0.00304. The highest BCUT2D eigenvalue weighted by Gasteiger charge is 2.34. The monoisotopic (exact) mass is 596 g/mol. The molecule has 0 aliphatic carbocycles. The lowest BCUT2D eigenvalue weighted by atomic mass is 10.0. The SMILES string of the molecule is COCCCN1CC(=O)N[C@H]2CN(C(=O)CN(C)C)CC[C@H]2OCc2cccc(c2)Oc2ccc(cc2OC)CCC1=O. The first-order valence-corrected chi connectivity index (χ1v) is 14.8. The minimum Gasteiger partial charge on any atom is -0.493 e. The number of amides is 3. The topological polar surface area (TPSA) is 110 Å². The lowest BCUT2D eigenvalue weighted by molar-refractivity contribution is -0.139. The van der Waals surface area contributed by atoms with E-state index in [9.17, 15) is 14.4 Å². The summed E-state index contributed by atoms with van der Waals surface area (Å²) in [6, 6.07) is 12.9. The molecule has 3 aliphatic rings. The van der Waals surface area contributed by atoms with Gasteiger partial charge < -0.3 is 39.0 Å². The van der Waals surface area contributed by atoms with Crippen LogP contribution in [0.5, 0.6) is 17.2 Å². The number of likely N-dealkylation sites (N-methyl/N-ethyl adjacent to an activating group) is 1. The van der Waals surface area contributed by atoms with Crippen LogP contribution < -0.4 is 14.8 Å². The average Bonchev–Trinajstić information content (AvgIpc) is 2.98. The summed E-state index contributed by atoms with van der Waals surface area (Å²) in [5.74, 6) is 1.36. The molecular formula is C32H44N4O7. The van der Waals surface area contributed by atoms with E-state index in [1.54, 1.807) is 24.0 Å². The van der Waals surface area contributed by atoms with Gasteiger partial charge in [0.2, 0.25) is 17.7 Å². The third kappa shape index (κ3) is 9.41. The van der Waals surface area contributed by atoms with Crippen molar-refractivity contribution in [2.75, 3.05) is 67.6 Å². The van der Waals surface area contributed by atoms with Crippen molar-refractivity contribution in [1.82, 2.24) is 20.0 Å². The van der Waals surface area contributed by atoms with E-state index in [0.717, 1.165) is 11.1 Å². The first-order valence-electron chi connectivity index (χ1n) is 14.8. The molecule has 3 heterocycles. The predicted molar refractivity (Wildman–Crippen MR) is 161 cm³/mol. The molecule has 1 fully saturated rings. The summed E-state index contributed by atoms with van der Waals surface area (Å²) in [5, 5.41) is 3.09. The fourth-order valence-electron chi connectivity index (χ4n) is 5.37. The molecule has 11 heteroatoms. The van der Waals surface area contributed by atoms with Crippen molar-refractivity contribution >= 4 is 17.7 Å². The van der Waals surface area contributed by atoms with Crippen LogP contribution in [0, 0.1) is 0 Å². The standard InChI is InChI=1S/C32H44N4O7/c1-34(2)21-32(39)36-15-13-27-26(19-36)33-30(37)20-35(14-6-16-40-3)31(38)12-10-23-9-11-28(29(18-23)41-4)43-25-8-5-7-24(17-25)22-42-27/h5,7-9,11,17-18,26-27H,6,10,12-16,19-22H2,1-4H3,(H,33,37)/t26-,27+/m0/s1. The quantitative estimate of drug-likeness (QED) is 0.486. The molecule has 2 aromatic carbocycles. The molecule has 2 atom stereocenters. The minimum atomic E-state index is -0.426. The van der Waals surface area contributed by atoms with Gasteiger partial charge in [0.1, 0.15) is 5.75 Å². The number of fused-ring (bicyclic) bond motifs is 9. The van der Waals surface area contributed by atoms with E-state index >= 15 is 0 Å². The van der Waals surface area contributed by atoms with Crippen molar-refractivity contribution in [1.29, 1.82) is 0 Å². The highest BCUT2D eigenvalue weighted by atomic mass is 16.5.